The number of rotatable bonds is 4. The monoisotopic (exact) mass is 219 g/mol. The van der Waals surface area contributed by atoms with E-state index < -0.39 is 0 Å². The zero-order valence-corrected chi connectivity index (χ0v) is 8.97. The molecule has 0 aliphatic rings. The average molecular weight is 219 g/mol. The maximum absolute atomic E-state index is 10.7. The Morgan fingerprint density at radius 3 is 3.12 bits per heavy atom. The molecule has 16 heavy (non-hydrogen) atoms. The van der Waals surface area contributed by atoms with Crippen molar-refractivity contribution in [2.45, 2.75) is 6.42 Å². The molecule has 0 saturated carbocycles. The van der Waals surface area contributed by atoms with Crippen LogP contribution in [0, 0.1) is 0 Å². The maximum atomic E-state index is 10.7. The quantitative estimate of drug-likeness (QED) is 0.772. The molecule has 0 aromatic carbocycles. The Labute approximate surface area is 92.5 Å². The number of carbonyl (C=O) groups excluding carboxylic acids is 1. The fourth-order valence-electron chi connectivity index (χ4n) is 1.55. The molecule has 2 aromatic heterocycles. The molecule has 6 heteroatoms. The number of nitrogens with two attached hydrogens (primary N) is 1. The predicted molar refractivity (Wildman–Crippen MR) is 61.0 cm³/mol. The Morgan fingerprint density at radius 2 is 2.38 bits per heavy atom. The van der Waals surface area contributed by atoms with Crippen LogP contribution < -0.4 is 10.6 Å². The van der Waals surface area contributed by atoms with Crippen LogP contribution in [-0.2, 0) is 4.79 Å². The number of primary amides is 1. The van der Waals surface area contributed by atoms with Crippen molar-refractivity contribution in [2.24, 2.45) is 5.73 Å². The van der Waals surface area contributed by atoms with E-state index >= 15 is 0 Å². The van der Waals surface area contributed by atoms with E-state index in [1.807, 2.05) is 24.2 Å². The second-order valence-electron chi connectivity index (χ2n) is 3.58. The van der Waals surface area contributed by atoms with E-state index in [4.69, 9.17) is 5.73 Å². The van der Waals surface area contributed by atoms with Crippen LogP contribution in [0.15, 0.2) is 18.6 Å². The normalized spacial score (nSPS) is 10.6. The summed E-state index contributed by atoms with van der Waals surface area (Å²) in [7, 11) is 1.87. The lowest BCUT2D eigenvalue weighted by Gasteiger charge is -2.17. The van der Waals surface area contributed by atoms with Gasteiger partial charge in [-0.15, -0.1) is 0 Å². The van der Waals surface area contributed by atoms with Crippen molar-refractivity contribution in [1.82, 2.24) is 15.0 Å². The molecule has 2 aromatic rings. The lowest BCUT2D eigenvalue weighted by molar-refractivity contribution is -0.117. The molecule has 0 spiro atoms. The largest absolute Gasteiger partial charge is 0.370 e. The number of carbonyl (C=O) groups is 1. The van der Waals surface area contributed by atoms with Crippen molar-refractivity contribution in [3.8, 4) is 0 Å². The lowest BCUT2D eigenvalue weighted by atomic mass is 10.3. The molecule has 1 amide bonds. The van der Waals surface area contributed by atoms with Crippen molar-refractivity contribution in [1.29, 1.82) is 0 Å². The number of nitrogens with one attached hydrogen (secondary N) is 1. The van der Waals surface area contributed by atoms with Crippen molar-refractivity contribution in [3.63, 3.8) is 0 Å². The third-order valence-electron chi connectivity index (χ3n) is 2.39. The third kappa shape index (κ3) is 1.95. The zero-order valence-electron chi connectivity index (χ0n) is 8.97. The second kappa shape index (κ2) is 4.18. The molecule has 0 aliphatic carbocycles. The molecule has 0 saturated heterocycles. The first-order chi connectivity index (χ1) is 7.68. The Bertz CT molecular complexity index is 507. The summed E-state index contributed by atoms with van der Waals surface area (Å²) in [6.07, 6.45) is 3.62. The molecule has 6 nitrogen and oxygen atoms in total. The third-order valence-corrected chi connectivity index (χ3v) is 2.39. The van der Waals surface area contributed by atoms with Crippen LogP contribution in [0.5, 0.6) is 0 Å². The Hall–Kier alpha value is -2.11. The molecular weight excluding hydrogens is 206 g/mol. The van der Waals surface area contributed by atoms with Gasteiger partial charge in [0.1, 0.15) is 17.8 Å². The summed E-state index contributed by atoms with van der Waals surface area (Å²) in [5.74, 6) is 0.485. The van der Waals surface area contributed by atoms with E-state index in [0.29, 0.717) is 13.0 Å². The molecule has 0 fully saturated rings. The number of fused-ring (bicyclic) bond motifs is 1. The number of aromatic nitrogens is 3. The molecule has 2 rings (SSSR count). The minimum atomic E-state index is -0.314. The minimum Gasteiger partial charge on any atom is -0.370 e. The van der Waals surface area contributed by atoms with Gasteiger partial charge < -0.3 is 15.6 Å². The van der Waals surface area contributed by atoms with E-state index in [1.54, 1.807) is 0 Å². The first kappa shape index (κ1) is 10.4. The summed E-state index contributed by atoms with van der Waals surface area (Å²) < 4.78 is 0. The molecular formula is C10H13N5O. The summed E-state index contributed by atoms with van der Waals surface area (Å²) in [6.45, 7) is 0.548. The van der Waals surface area contributed by atoms with Gasteiger partial charge in [-0.3, -0.25) is 4.79 Å². The molecule has 2 heterocycles. The van der Waals surface area contributed by atoms with Crippen LogP contribution >= 0.6 is 0 Å². The van der Waals surface area contributed by atoms with Gasteiger partial charge in [0, 0.05) is 26.2 Å². The van der Waals surface area contributed by atoms with Crippen LogP contribution in [0.1, 0.15) is 6.42 Å². The molecule has 0 atom stereocenters. The van der Waals surface area contributed by atoms with Crippen LogP contribution in [-0.4, -0.2) is 34.5 Å². The van der Waals surface area contributed by atoms with Gasteiger partial charge in [-0.1, -0.05) is 0 Å². The fourth-order valence-corrected chi connectivity index (χ4v) is 1.55. The molecule has 0 unspecified atom stereocenters. The van der Waals surface area contributed by atoms with Gasteiger partial charge in [0.05, 0.1) is 5.39 Å². The summed E-state index contributed by atoms with van der Waals surface area (Å²) in [6, 6.07) is 1.91. The van der Waals surface area contributed by atoms with Crippen LogP contribution in [0.2, 0.25) is 0 Å². The van der Waals surface area contributed by atoms with Crippen molar-refractivity contribution in [2.75, 3.05) is 18.5 Å². The maximum Gasteiger partial charge on any atom is 0.219 e. The van der Waals surface area contributed by atoms with Gasteiger partial charge in [0.25, 0.3) is 0 Å². The number of aromatic amines is 1. The van der Waals surface area contributed by atoms with Gasteiger partial charge in [-0.05, 0) is 6.07 Å². The van der Waals surface area contributed by atoms with Gasteiger partial charge in [-0.2, -0.15) is 0 Å². The Kier molecular flexibility index (Phi) is 2.72. The Balaban J connectivity index is 2.25. The number of amides is 1. The fraction of sp³-hybridized carbons (Fsp3) is 0.300. The average Bonchev–Trinajstić information content (AvgIpc) is 2.73. The molecule has 0 radical (unpaired) electrons. The van der Waals surface area contributed by atoms with E-state index in [1.165, 1.54) is 6.33 Å². The van der Waals surface area contributed by atoms with Crippen LogP contribution in [0.3, 0.4) is 0 Å². The highest BCUT2D eigenvalue weighted by Crippen LogP contribution is 2.20. The number of anilines is 1. The molecule has 3 N–H and O–H groups in total. The minimum absolute atomic E-state index is 0.312. The van der Waals surface area contributed by atoms with Gasteiger partial charge >= 0.3 is 0 Å². The Morgan fingerprint density at radius 1 is 1.56 bits per heavy atom. The van der Waals surface area contributed by atoms with E-state index in [2.05, 4.69) is 15.0 Å². The highest BCUT2D eigenvalue weighted by molar-refractivity contribution is 5.87. The molecule has 84 valence electrons. The summed E-state index contributed by atoms with van der Waals surface area (Å²) >= 11 is 0. The highest BCUT2D eigenvalue weighted by Gasteiger charge is 2.09. The topological polar surface area (TPSA) is 87.9 Å². The lowest BCUT2D eigenvalue weighted by Crippen LogP contribution is -2.25. The van der Waals surface area contributed by atoms with Crippen molar-refractivity contribution < 1.29 is 4.79 Å². The van der Waals surface area contributed by atoms with Gasteiger partial charge in [0.15, 0.2) is 0 Å². The number of H-pyrrole nitrogens is 1. The summed E-state index contributed by atoms with van der Waals surface area (Å²) in [4.78, 5) is 23.9. The SMILES string of the molecule is CN(CCC(N)=O)c1ncnc2[nH]ccc12. The van der Waals surface area contributed by atoms with Crippen molar-refractivity contribution in [3.05, 3.63) is 18.6 Å². The number of hydrogen-bond donors (Lipinski definition) is 2. The summed E-state index contributed by atoms with van der Waals surface area (Å²) in [5.41, 5.74) is 5.89. The number of hydrogen-bond acceptors (Lipinski definition) is 4. The highest BCUT2D eigenvalue weighted by atomic mass is 16.1. The van der Waals surface area contributed by atoms with Gasteiger partial charge in [-0.25, -0.2) is 9.97 Å². The molecule has 0 aliphatic heterocycles. The van der Waals surface area contributed by atoms with Gasteiger partial charge in [0.2, 0.25) is 5.91 Å². The zero-order chi connectivity index (χ0) is 11.5. The second-order valence-corrected chi connectivity index (χ2v) is 3.58. The van der Waals surface area contributed by atoms with E-state index in [0.717, 1.165) is 16.9 Å². The first-order valence-corrected chi connectivity index (χ1v) is 4.96. The molecule has 0 bridgehead atoms. The first-order valence-electron chi connectivity index (χ1n) is 4.96. The standard InChI is InChI=1S/C10H13N5O/c1-15(5-3-8(11)16)10-7-2-4-12-9(7)13-6-14-10/h2,4,6H,3,5H2,1H3,(H2,11,16)(H,12,13,14). The van der Waals surface area contributed by atoms with Crippen LogP contribution in [0.4, 0.5) is 5.82 Å². The predicted octanol–water partition coefficient (Wildman–Crippen LogP) is 0.269. The van der Waals surface area contributed by atoms with Crippen molar-refractivity contribution >= 4 is 22.8 Å². The number of nitrogens with zero attached hydrogens (tertiary/aromatic N) is 3. The smallest absolute Gasteiger partial charge is 0.219 e. The summed E-state index contributed by atoms with van der Waals surface area (Å²) in [5, 5.41) is 0.939. The van der Waals surface area contributed by atoms with E-state index in [-0.39, 0.29) is 5.91 Å². The van der Waals surface area contributed by atoms with E-state index in [9.17, 15) is 4.79 Å². The van der Waals surface area contributed by atoms with Crippen LogP contribution in [0.25, 0.3) is 11.0 Å².